The number of nitrogens with one attached hydrogen (secondary N) is 1. The molecule has 14 heteroatoms. The Bertz CT molecular complexity index is 1370. The first-order valence-electron chi connectivity index (χ1n) is 12.8. The SMILES string of the molecule is CC1(C(=O)O)C(CF)NC(COCCN2C(=O)c3ccccc3C2=O)C(CC(F)(F)F)(C(=O)O)C1c1ccccc1Cl. The van der Waals surface area contributed by atoms with E-state index in [-0.39, 0.29) is 28.3 Å². The van der Waals surface area contributed by atoms with Crippen molar-refractivity contribution in [2.75, 3.05) is 26.4 Å². The molecule has 2 aromatic rings. The van der Waals surface area contributed by atoms with Crippen molar-refractivity contribution in [3.8, 4) is 0 Å². The summed E-state index contributed by atoms with van der Waals surface area (Å²) in [5.74, 6) is -6.88. The number of halogens is 5. The van der Waals surface area contributed by atoms with E-state index in [2.05, 4.69) is 5.32 Å². The first-order chi connectivity index (χ1) is 19.7. The van der Waals surface area contributed by atoms with Gasteiger partial charge < -0.3 is 20.3 Å². The Kier molecular flexibility index (Phi) is 8.68. The number of alkyl halides is 4. The highest BCUT2D eigenvalue weighted by Crippen LogP contribution is 2.60. The largest absolute Gasteiger partial charge is 0.481 e. The average Bonchev–Trinajstić information content (AvgIpc) is 3.16. The van der Waals surface area contributed by atoms with Crippen LogP contribution in [0.4, 0.5) is 17.6 Å². The number of rotatable bonds is 10. The highest BCUT2D eigenvalue weighted by molar-refractivity contribution is 6.31. The molecule has 42 heavy (non-hydrogen) atoms. The van der Waals surface area contributed by atoms with Gasteiger partial charge in [-0.3, -0.25) is 24.1 Å². The Labute approximate surface area is 242 Å². The molecule has 0 saturated carbocycles. The molecule has 5 atom stereocenters. The molecule has 4 rings (SSSR count). The molecular formula is C28H27ClF4N2O7. The van der Waals surface area contributed by atoms with Crippen LogP contribution in [0.5, 0.6) is 0 Å². The molecule has 0 aliphatic carbocycles. The Morgan fingerprint density at radius 3 is 2.07 bits per heavy atom. The second kappa shape index (κ2) is 11.6. The van der Waals surface area contributed by atoms with E-state index >= 15 is 0 Å². The van der Waals surface area contributed by atoms with Crippen LogP contribution in [-0.4, -0.2) is 83.6 Å². The van der Waals surface area contributed by atoms with Crippen molar-refractivity contribution in [2.45, 2.75) is 37.5 Å². The Morgan fingerprint density at radius 2 is 1.57 bits per heavy atom. The number of hydrogen-bond donors (Lipinski definition) is 3. The number of carbonyl (C=O) groups is 4. The lowest BCUT2D eigenvalue weighted by molar-refractivity contribution is -0.206. The second-order valence-electron chi connectivity index (χ2n) is 10.5. The number of amides is 2. The van der Waals surface area contributed by atoms with E-state index in [9.17, 15) is 47.0 Å². The highest BCUT2D eigenvalue weighted by atomic mass is 35.5. The monoisotopic (exact) mass is 614 g/mol. The average molecular weight is 615 g/mol. The lowest BCUT2D eigenvalue weighted by Crippen LogP contribution is -2.72. The van der Waals surface area contributed by atoms with Gasteiger partial charge in [-0.1, -0.05) is 41.9 Å². The number of aliphatic carboxylic acids is 2. The number of piperidine rings is 1. The number of ether oxygens (including phenoxy) is 1. The summed E-state index contributed by atoms with van der Waals surface area (Å²) in [7, 11) is 0. The first kappa shape index (κ1) is 31.4. The number of imide groups is 1. The molecule has 9 nitrogen and oxygen atoms in total. The molecule has 2 aliphatic rings. The maximum Gasteiger partial charge on any atom is 0.390 e. The standard InChI is InChI=1S/C28H27ClF4N2O7/c1-26(24(38)39)19(12-30)34-20(13-42-11-10-35-22(36)15-6-2-3-7-16(15)23(35)37)27(25(40)41,14-28(31,32)33)21(26)17-8-4-5-9-18(17)29/h2-9,19-21,34H,10-14H2,1H3,(H,38,39)(H,40,41). The number of carbonyl (C=O) groups excluding carboxylic acids is 2. The molecule has 5 unspecified atom stereocenters. The van der Waals surface area contributed by atoms with Crippen LogP contribution < -0.4 is 5.32 Å². The van der Waals surface area contributed by atoms with E-state index in [1.54, 1.807) is 12.1 Å². The van der Waals surface area contributed by atoms with Gasteiger partial charge >= 0.3 is 18.1 Å². The third kappa shape index (κ3) is 5.25. The van der Waals surface area contributed by atoms with Gasteiger partial charge in [0, 0.05) is 17.0 Å². The number of hydrogen-bond acceptors (Lipinski definition) is 6. The number of benzene rings is 2. The van der Waals surface area contributed by atoms with Crippen molar-refractivity contribution >= 4 is 35.4 Å². The van der Waals surface area contributed by atoms with Crippen LogP contribution in [0.15, 0.2) is 48.5 Å². The fraction of sp³-hybridized carbons (Fsp3) is 0.429. The van der Waals surface area contributed by atoms with Crippen LogP contribution in [-0.2, 0) is 14.3 Å². The smallest absolute Gasteiger partial charge is 0.390 e. The van der Waals surface area contributed by atoms with E-state index in [4.69, 9.17) is 16.3 Å². The summed E-state index contributed by atoms with van der Waals surface area (Å²) in [6.07, 6.45) is -7.10. The maximum atomic E-state index is 14.4. The van der Waals surface area contributed by atoms with Gasteiger partial charge in [-0.25, -0.2) is 4.39 Å². The summed E-state index contributed by atoms with van der Waals surface area (Å²) >= 11 is 6.31. The predicted molar refractivity (Wildman–Crippen MR) is 140 cm³/mol. The second-order valence-corrected chi connectivity index (χ2v) is 10.9. The Balaban J connectivity index is 1.72. The van der Waals surface area contributed by atoms with Gasteiger partial charge in [0.15, 0.2) is 0 Å². The van der Waals surface area contributed by atoms with Crippen molar-refractivity contribution in [1.82, 2.24) is 10.2 Å². The van der Waals surface area contributed by atoms with Gasteiger partial charge in [0.25, 0.3) is 11.8 Å². The molecule has 2 aliphatic heterocycles. The molecule has 2 aromatic carbocycles. The first-order valence-corrected chi connectivity index (χ1v) is 13.2. The number of nitrogens with zero attached hydrogens (tertiary/aromatic N) is 1. The van der Waals surface area contributed by atoms with Crippen LogP contribution in [0.3, 0.4) is 0 Å². The molecule has 0 aromatic heterocycles. The molecule has 1 saturated heterocycles. The van der Waals surface area contributed by atoms with Gasteiger partial charge in [0.2, 0.25) is 0 Å². The molecule has 3 N–H and O–H groups in total. The third-order valence-corrected chi connectivity index (χ3v) is 8.55. The highest BCUT2D eigenvalue weighted by Gasteiger charge is 2.69. The summed E-state index contributed by atoms with van der Waals surface area (Å²) in [5.41, 5.74) is -5.19. The van der Waals surface area contributed by atoms with E-state index in [0.29, 0.717) is 0 Å². The minimum atomic E-state index is -5.11. The molecule has 226 valence electrons. The summed E-state index contributed by atoms with van der Waals surface area (Å²) in [4.78, 5) is 51.8. The zero-order valence-corrected chi connectivity index (χ0v) is 22.9. The summed E-state index contributed by atoms with van der Waals surface area (Å²) in [6, 6.07) is 7.97. The fourth-order valence-corrected chi connectivity index (χ4v) is 6.44. The van der Waals surface area contributed by atoms with Gasteiger partial charge in [-0.15, -0.1) is 0 Å². The molecular weight excluding hydrogens is 588 g/mol. The Hall–Kier alpha value is -3.55. The lowest BCUT2D eigenvalue weighted by atomic mass is 9.51. The maximum absolute atomic E-state index is 14.4. The molecule has 0 bridgehead atoms. The van der Waals surface area contributed by atoms with Crippen molar-refractivity contribution in [1.29, 1.82) is 0 Å². The van der Waals surface area contributed by atoms with Crippen LogP contribution in [0, 0.1) is 10.8 Å². The molecule has 1 fully saturated rings. The van der Waals surface area contributed by atoms with E-state index in [1.807, 2.05) is 0 Å². The van der Waals surface area contributed by atoms with Crippen LogP contribution in [0.25, 0.3) is 0 Å². The van der Waals surface area contributed by atoms with Gasteiger partial charge in [0.1, 0.15) is 12.1 Å². The summed E-state index contributed by atoms with van der Waals surface area (Å²) < 4.78 is 62.5. The fourth-order valence-electron chi connectivity index (χ4n) is 6.19. The van der Waals surface area contributed by atoms with Crippen LogP contribution in [0.2, 0.25) is 5.02 Å². The van der Waals surface area contributed by atoms with Crippen molar-refractivity contribution in [3.05, 3.63) is 70.2 Å². The number of fused-ring (bicyclic) bond motifs is 1. The minimum Gasteiger partial charge on any atom is -0.481 e. The van der Waals surface area contributed by atoms with Crippen molar-refractivity contribution in [2.24, 2.45) is 10.8 Å². The molecule has 2 amide bonds. The van der Waals surface area contributed by atoms with Crippen molar-refractivity contribution < 1.29 is 51.7 Å². The zero-order valence-electron chi connectivity index (χ0n) is 22.2. The number of carboxylic acid groups (broad SMARTS) is 2. The topological polar surface area (TPSA) is 133 Å². The Morgan fingerprint density at radius 1 is 1.00 bits per heavy atom. The molecule has 2 heterocycles. The third-order valence-electron chi connectivity index (χ3n) is 8.21. The van der Waals surface area contributed by atoms with E-state index in [0.717, 1.165) is 11.8 Å². The van der Waals surface area contributed by atoms with E-state index in [1.165, 1.54) is 36.4 Å². The minimum absolute atomic E-state index is 0.174. The van der Waals surface area contributed by atoms with Gasteiger partial charge in [0.05, 0.1) is 48.8 Å². The lowest BCUT2D eigenvalue weighted by Gasteiger charge is -2.57. The summed E-state index contributed by atoms with van der Waals surface area (Å²) in [6.45, 7) is -1.81. The predicted octanol–water partition coefficient (Wildman–Crippen LogP) is 4.16. The summed E-state index contributed by atoms with van der Waals surface area (Å²) in [5, 5.41) is 23.1. The van der Waals surface area contributed by atoms with Gasteiger partial charge in [-0.05, 0) is 30.7 Å². The van der Waals surface area contributed by atoms with Gasteiger partial charge in [-0.2, -0.15) is 13.2 Å². The molecule has 0 spiro atoms. The van der Waals surface area contributed by atoms with Crippen molar-refractivity contribution in [3.63, 3.8) is 0 Å². The quantitative estimate of drug-likeness (QED) is 0.206. The zero-order chi connectivity index (χ0) is 31.0. The molecule has 0 radical (unpaired) electrons. The van der Waals surface area contributed by atoms with Crippen LogP contribution in [0.1, 0.15) is 45.5 Å². The van der Waals surface area contributed by atoms with E-state index < -0.39 is 85.1 Å². The number of carboxylic acids is 2. The van der Waals surface area contributed by atoms with Crippen LogP contribution >= 0.6 is 11.6 Å². The normalized spacial score (nSPS) is 27.7.